The third-order valence-corrected chi connectivity index (χ3v) is 6.02. The van der Waals surface area contributed by atoms with Gasteiger partial charge in [-0.05, 0) is 49.7 Å². The average molecular weight is 485 g/mol. The molecule has 0 saturated carbocycles. The number of hydrogen-bond acceptors (Lipinski definition) is 8. The fourth-order valence-corrected chi connectivity index (χ4v) is 4.34. The van der Waals surface area contributed by atoms with Crippen molar-refractivity contribution in [3.63, 3.8) is 0 Å². The number of nitrogens with one attached hydrogen (secondary N) is 2. The molecule has 32 heavy (non-hydrogen) atoms. The van der Waals surface area contributed by atoms with Crippen LogP contribution in [0.2, 0.25) is 0 Å². The van der Waals surface area contributed by atoms with Gasteiger partial charge in [-0.25, -0.2) is 0 Å². The number of unbranched alkanes of at least 4 members (excludes halogenated alkanes) is 1. The van der Waals surface area contributed by atoms with Crippen LogP contribution >= 0.6 is 24.2 Å². The Labute approximate surface area is 197 Å². The summed E-state index contributed by atoms with van der Waals surface area (Å²) in [5, 5.41) is 4.97. The fraction of sp³-hybridized carbons (Fsp3) is 0.476. The second-order valence-corrected chi connectivity index (χ2v) is 8.38. The van der Waals surface area contributed by atoms with Crippen molar-refractivity contribution in [1.82, 2.24) is 10.6 Å². The molecule has 11 heteroatoms. The van der Waals surface area contributed by atoms with Crippen molar-refractivity contribution in [3.8, 4) is 11.5 Å². The van der Waals surface area contributed by atoms with Crippen LogP contribution in [0.25, 0.3) is 6.08 Å². The van der Waals surface area contributed by atoms with E-state index in [4.69, 9.17) is 15.2 Å². The first kappa shape index (κ1) is 25.8. The molecule has 9 nitrogen and oxygen atoms in total. The number of ether oxygens (including phenoxy) is 2. The van der Waals surface area contributed by atoms with Gasteiger partial charge in [0.25, 0.3) is 11.1 Å². The molecule has 1 aromatic carbocycles. The minimum absolute atomic E-state index is 0. The Kier molecular flexibility index (Phi) is 9.67. The maximum atomic E-state index is 12.2. The molecule has 0 unspecified atom stereocenters. The van der Waals surface area contributed by atoms with Crippen molar-refractivity contribution < 1.29 is 23.9 Å². The number of halogens is 1. The van der Waals surface area contributed by atoms with Gasteiger partial charge in [-0.2, -0.15) is 0 Å². The molecule has 2 aliphatic heterocycles. The molecule has 2 aliphatic rings. The summed E-state index contributed by atoms with van der Waals surface area (Å²) in [6.07, 6.45) is 4.58. The van der Waals surface area contributed by atoms with E-state index in [9.17, 15) is 14.4 Å². The van der Waals surface area contributed by atoms with Crippen molar-refractivity contribution in [2.45, 2.75) is 31.7 Å². The van der Waals surface area contributed by atoms with E-state index in [1.54, 1.807) is 26.4 Å². The molecule has 2 heterocycles. The van der Waals surface area contributed by atoms with Crippen molar-refractivity contribution in [1.29, 1.82) is 0 Å². The predicted molar refractivity (Wildman–Crippen MR) is 128 cm³/mol. The summed E-state index contributed by atoms with van der Waals surface area (Å²) in [6.45, 7) is 1.95. The van der Waals surface area contributed by atoms with Crippen LogP contribution in [-0.4, -0.2) is 56.9 Å². The van der Waals surface area contributed by atoms with Crippen LogP contribution in [0.4, 0.5) is 10.5 Å². The lowest BCUT2D eigenvalue weighted by atomic mass is 10.1. The van der Waals surface area contributed by atoms with Gasteiger partial charge in [-0.1, -0.05) is 0 Å². The zero-order chi connectivity index (χ0) is 22.4. The Morgan fingerprint density at radius 3 is 2.62 bits per heavy atom. The SMILES string of the molecule is COc1cc(C=C2SC(=O)NC2=O)c(N2CC[C@@H](NC(=O)CCCCN)C2)cc1OC.Cl. The molecule has 4 N–H and O–H groups in total. The normalized spacial score (nSPS) is 19.0. The van der Waals surface area contributed by atoms with E-state index in [-0.39, 0.29) is 24.4 Å². The molecule has 0 bridgehead atoms. The number of benzene rings is 1. The molecule has 0 aliphatic carbocycles. The largest absolute Gasteiger partial charge is 0.493 e. The van der Waals surface area contributed by atoms with Crippen molar-refractivity contribution in [3.05, 3.63) is 22.6 Å². The lowest BCUT2D eigenvalue weighted by Crippen LogP contribution is -2.37. The molecule has 0 radical (unpaired) electrons. The summed E-state index contributed by atoms with van der Waals surface area (Å²) < 4.78 is 10.9. The molecular weight excluding hydrogens is 456 g/mol. The molecule has 1 aromatic rings. The minimum atomic E-state index is -0.417. The first-order chi connectivity index (χ1) is 14.9. The number of nitrogens with two attached hydrogens (primary N) is 1. The highest BCUT2D eigenvalue weighted by Gasteiger charge is 2.29. The number of imide groups is 1. The van der Waals surface area contributed by atoms with Crippen LogP contribution in [0.5, 0.6) is 11.5 Å². The molecule has 3 amide bonds. The summed E-state index contributed by atoms with van der Waals surface area (Å²) in [5.41, 5.74) is 7.07. The van der Waals surface area contributed by atoms with Gasteiger partial charge < -0.3 is 25.4 Å². The van der Waals surface area contributed by atoms with Gasteiger partial charge in [-0.15, -0.1) is 12.4 Å². The van der Waals surface area contributed by atoms with Crippen LogP contribution in [0.15, 0.2) is 17.0 Å². The molecular formula is C21H29ClN4O5S. The number of nitrogens with zero attached hydrogens (tertiary/aromatic N) is 1. The Hall–Kier alpha value is -2.43. The highest BCUT2D eigenvalue weighted by Crippen LogP contribution is 2.39. The number of carbonyl (C=O) groups is 3. The summed E-state index contributed by atoms with van der Waals surface area (Å²) in [6, 6.07) is 3.68. The van der Waals surface area contributed by atoms with Crippen LogP contribution in [0.1, 0.15) is 31.2 Å². The van der Waals surface area contributed by atoms with Gasteiger partial charge >= 0.3 is 0 Å². The molecule has 0 aromatic heterocycles. The van der Waals surface area contributed by atoms with Crippen molar-refractivity contribution in [2.24, 2.45) is 5.73 Å². The number of anilines is 1. The van der Waals surface area contributed by atoms with Gasteiger partial charge in [0.05, 0.1) is 19.1 Å². The number of carbonyl (C=O) groups excluding carboxylic acids is 3. The standard InChI is InChI=1S/C21H28N4O5S.ClH/c1-29-16-9-13(10-18-20(27)24-21(28)31-18)15(11-17(16)30-2)25-8-6-14(12-25)23-19(26)5-3-4-7-22;/h9-11,14H,3-8,12,22H2,1-2H3,(H,23,26)(H,24,27,28);1H/t14-;/m1./s1. The third kappa shape index (κ3) is 6.30. The maximum absolute atomic E-state index is 12.2. The summed E-state index contributed by atoms with van der Waals surface area (Å²) in [7, 11) is 3.11. The molecule has 3 rings (SSSR count). The molecule has 2 fully saturated rings. The number of thioether (sulfide) groups is 1. The second-order valence-electron chi connectivity index (χ2n) is 7.36. The molecule has 176 valence electrons. The fourth-order valence-electron chi connectivity index (χ4n) is 3.66. The number of hydrogen-bond donors (Lipinski definition) is 3. The first-order valence-corrected chi connectivity index (χ1v) is 11.0. The molecule has 0 spiro atoms. The smallest absolute Gasteiger partial charge is 0.290 e. The Bertz CT molecular complexity index is 895. The monoisotopic (exact) mass is 484 g/mol. The summed E-state index contributed by atoms with van der Waals surface area (Å²) in [4.78, 5) is 38.2. The van der Waals surface area contributed by atoms with Gasteiger partial charge in [0.2, 0.25) is 5.91 Å². The maximum Gasteiger partial charge on any atom is 0.290 e. The van der Waals surface area contributed by atoms with E-state index in [1.165, 1.54) is 0 Å². The van der Waals surface area contributed by atoms with Gasteiger partial charge in [-0.3, -0.25) is 19.7 Å². The zero-order valence-electron chi connectivity index (χ0n) is 18.1. The first-order valence-electron chi connectivity index (χ1n) is 10.2. The van der Waals surface area contributed by atoms with E-state index in [0.29, 0.717) is 35.9 Å². The van der Waals surface area contributed by atoms with Crippen LogP contribution < -0.4 is 30.7 Å². The van der Waals surface area contributed by atoms with Crippen LogP contribution in [0.3, 0.4) is 0 Å². The number of methoxy groups -OCH3 is 2. The van der Waals surface area contributed by atoms with E-state index in [2.05, 4.69) is 15.5 Å². The quantitative estimate of drug-likeness (QED) is 0.360. The van der Waals surface area contributed by atoms with E-state index in [1.807, 2.05) is 6.07 Å². The van der Waals surface area contributed by atoms with Crippen molar-refractivity contribution in [2.75, 3.05) is 38.8 Å². The Balaban J connectivity index is 0.00000363. The zero-order valence-corrected chi connectivity index (χ0v) is 19.8. The summed E-state index contributed by atoms with van der Waals surface area (Å²) in [5.74, 6) is 0.706. The number of amides is 3. The van der Waals surface area contributed by atoms with Crippen LogP contribution in [0, 0.1) is 0 Å². The topological polar surface area (TPSA) is 123 Å². The van der Waals surface area contributed by atoms with E-state index < -0.39 is 11.1 Å². The van der Waals surface area contributed by atoms with Crippen LogP contribution in [-0.2, 0) is 9.59 Å². The third-order valence-electron chi connectivity index (χ3n) is 5.21. The molecule has 1 atom stereocenters. The summed E-state index contributed by atoms with van der Waals surface area (Å²) >= 11 is 0.867. The molecule has 2 saturated heterocycles. The van der Waals surface area contributed by atoms with Gasteiger partial charge in [0.1, 0.15) is 0 Å². The lowest BCUT2D eigenvalue weighted by molar-refractivity contribution is -0.121. The number of rotatable bonds is 9. The minimum Gasteiger partial charge on any atom is -0.493 e. The highest BCUT2D eigenvalue weighted by atomic mass is 35.5. The highest BCUT2D eigenvalue weighted by molar-refractivity contribution is 8.18. The van der Waals surface area contributed by atoms with E-state index in [0.717, 1.165) is 48.8 Å². The Morgan fingerprint density at radius 2 is 2.00 bits per heavy atom. The van der Waals surface area contributed by atoms with E-state index >= 15 is 0 Å². The average Bonchev–Trinajstić information content (AvgIpc) is 3.33. The Morgan fingerprint density at radius 1 is 1.28 bits per heavy atom. The van der Waals surface area contributed by atoms with Crippen molar-refractivity contribution >= 4 is 53.0 Å². The van der Waals surface area contributed by atoms with Gasteiger partial charge in [0, 0.05) is 42.9 Å². The predicted octanol–water partition coefficient (Wildman–Crippen LogP) is 2.27. The second kappa shape index (κ2) is 12.0. The van der Waals surface area contributed by atoms with Gasteiger partial charge in [0.15, 0.2) is 11.5 Å². The lowest BCUT2D eigenvalue weighted by Gasteiger charge is -2.23.